The molecule has 0 atom stereocenters. The predicted octanol–water partition coefficient (Wildman–Crippen LogP) is 2.25. The Morgan fingerprint density at radius 3 is 2.84 bits per heavy atom. The molecule has 6 heteroatoms. The third kappa shape index (κ3) is 2.05. The molecule has 98 valence electrons. The molecule has 3 aromatic heterocycles. The van der Waals surface area contributed by atoms with Crippen LogP contribution < -0.4 is 5.32 Å². The van der Waals surface area contributed by atoms with Gasteiger partial charge in [0.15, 0.2) is 5.65 Å². The molecule has 6 nitrogen and oxygen atoms in total. The molecule has 1 N–H and O–H groups in total. The van der Waals surface area contributed by atoms with Gasteiger partial charge in [-0.1, -0.05) is 5.16 Å². The second-order valence-corrected chi connectivity index (χ2v) is 4.61. The van der Waals surface area contributed by atoms with Crippen LogP contribution >= 0.6 is 0 Å². The van der Waals surface area contributed by atoms with Gasteiger partial charge in [0.1, 0.15) is 5.76 Å². The SMILES string of the molecule is Cc1ccn2c(NCc3c(C)noc3C)nnc2c1. The van der Waals surface area contributed by atoms with Crippen molar-refractivity contribution < 1.29 is 4.52 Å². The maximum Gasteiger partial charge on any atom is 0.229 e. The van der Waals surface area contributed by atoms with Crippen LogP contribution in [-0.4, -0.2) is 19.8 Å². The van der Waals surface area contributed by atoms with E-state index in [-0.39, 0.29) is 0 Å². The highest BCUT2D eigenvalue weighted by atomic mass is 16.5. The minimum atomic E-state index is 0.621. The predicted molar refractivity (Wildman–Crippen MR) is 71.0 cm³/mol. The van der Waals surface area contributed by atoms with Crippen molar-refractivity contribution in [2.45, 2.75) is 27.3 Å². The molecule has 0 aliphatic rings. The molecule has 0 bridgehead atoms. The second-order valence-electron chi connectivity index (χ2n) is 4.61. The molecule has 0 spiro atoms. The lowest BCUT2D eigenvalue weighted by Crippen LogP contribution is -2.04. The molecule has 0 unspecified atom stereocenters. The summed E-state index contributed by atoms with van der Waals surface area (Å²) in [5.74, 6) is 1.55. The maximum atomic E-state index is 5.14. The Morgan fingerprint density at radius 1 is 1.26 bits per heavy atom. The van der Waals surface area contributed by atoms with E-state index in [2.05, 4.69) is 20.7 Å². The third-order valence-corrected chi connectivity index (χ3v) is 3.17. The molecule has 3 rings (SSSR count). The molecule has 0 aliphatic heterocycles. The van der Waals surface area contributed by atoms with Gasteiger partial charge in [-0.2, -0.15) is 0 Å². The van der Waals surface area contributed by atoms with Gasteiger partial charge in [-0.25, -0.2) is 0 Å². The minimum Gasteiger partial charge on any atom is -0.361 e. The topological polar surface area (TPSA) is 68.2 Å². The highest BCUT2D eigenvalue weighted by molar-refractivity contribution is 5.47. The first kappa shape index (κ1) is 11.7. The summed E-state index contributed by atoms with van der Waals surface area (Å²) in [6.45, 7) is 6.49. The van der Waals surface area contributed by atoms with Gasteiger partial charge in [-0.15, -0.1) is 10.2 Å². The van der Waals surface area contributed by atoms with Crippen LogP contribution in [0.2, 0.25) is 0 Å². The zero-order valence-corrected chi connectivity index (χ0v) is 11.1. The first-order valence-corrected chi connectivity index (χ1v) is 6.12. The van der Waals surface area contributed by atoms with E-state index in [9.17, 15) is 0 Å². The lowest BCUT2D eigenvalue weighted by Gasteiger charge is -2.04. The van der Waals surface area contributed by atoms with Crippen LogP contribution in [0.1, 0.15) is 22.6 Å². The van der Waals surface area contributed by atoms with Crippen molar-refractivity contribution in [2.24, 2.45) is 0 Å². The number of pyridine rings is 1. The van der Waals surface area contributed by atoms with Crippen molar-refractivity contribution in [2.75, 3.05) is 5.32 Å². The van der Waals surface area contributed by atoms with Crippen LogP contribution in [0, 0.1) is 20.8 Å². The Bertz CT molecular complexity index is 708. The van der Waals surface area contributed by atoms with Crippen LogP contribution in [0.25, 0.3) is 5.65 Å². The van der Waals surface area contributed by atoms with Crippen LogP contribution in [0.3, 0.4) is 0 Å². The average Bonchev–Trinajstić information content (AvgIpc) is 2.92. The molecule has 0 radical (unpaired) electrons. The van der Waals surface area contributed by atoms with Gasteiger partial charge >= 0.3 is 0 Å². The summed E-state index contributed by atoms with van der Waals surface area (Å²) in [6.07, 6.45) is 1.96. The molecule has 0 aliphatic carbocycles. The fourth-order valence-corrected chi connectivity index (χ4v) is 2.03. The summed E-state index contributed by atoms with van der Waals surface area (Å²) in [4.78, 5) is 0. The largest absolute Gasteiger partial charge is 0.361 e. The van der Waals surface area contributed by atoms with Crippen LogP contribution in [-0.2, 0) is 6.54 Å². The number of rotatable bonds is 3. The number of aryl methyl sites for hydroxylation is 3. The van der Waals surface area contributed by atoms with Gasteiger partial charge in [0.05, 0.1) is 5.69 Å². The van der Waals surface area contributed by atoms with Crippen molar-refractivity contribution in [3.05, 3.63) is 40.9 Å². The Kier molecular flexibility index (Phi) is 2.70. The van der Waals surface area contributed by atoms with E-state index in [1.54, 1.807) is 0 Å². The summed E-state index contributed by atoms with van der Waals surface area (Å²) in [5, 5.41) is 15.5. The quantitative estimate of drug-likeness (QED) is 0.779. The normalized spacial score (nSPS) is 11.1. The van der Waals surface area contributed by atoms with Crippen molar-refractivity contribution in [3.8, 4) is 0 Å². The Morgan fingerprint density at radius 2 is 2.11 bits per heavy atom. The number of nitrogens with one attached hydrogen (secondary N) is 1. The summed E-state index contributed by atoms with van der Waals surface area (Å²) < 4.78 is 7.06. The van der Waals surface area contributed by atoms with Gasteiger partial charge in [0.2, 0.25) is 5.95 Å². The molecule has 0 amide bonds. The number of hydrogen-bond acceptors (Lipinski definition) is 5. The minimum absolute atomic E-state index is 0.621. The summed E-state index contributed by atoms with van der Waals surface area (Å²) in [7, 11) is 0. The summed E-state index contributed by atoms with van der Waals surface area (Å²) in [6, 6.07) is 4.02. The number of nitrogens with zero attached hydrogens (tertiary/aromatic N) is 4. The van der Waals surface area contributed by atoms with E-state index in [1.807, 2.05) is 43.5 Å². The van der Waals surface area contributed by atoms with E-state index in [1.165, 1.54) is 0 Å². The third-order valence-electron chi connectivity index (χ3n) is 3.17. The van der Waals surface area contributed by atoms with E-state index in [0.29, 0.717) is 6.54 Å². The summed E-state index contributed by atoms with van der Waals surface area (Å²) in [5.41, 5.74) is 3.96. The van der Waals surface area contributed by atoms with Gasteiger partial charge < -0.3 is 9.84 Å². The van der Waals surface area contributed by atoms with Gasteiger partial charge in [-0.05, 0) is 38.5 Å². The van der Waals surface area contributed by atoms with Crippen LogP contribution in [0.5, 0.6) is 0 Å². The Hall–Kier alpha value is -2.37. The lowest BCUT2D eigenvalue weighted by molar-refractivity contribution is 0.392. The molecular formula is C13H15N5O. The second kappa shape index (κ2) is 4.38. The average molecular weight is 257 g/mol. The number of hydrogen-bond donors (Lipinski definition) is 1. The van der Waals surface area contributed by atoms with E-state index in [0.717, 1.165) is 34.2 Å². The summed E-state index contributed by atoms with van der Waals surface area (Å²) >= 11 is 0. The first-order chi connectivity index (χ1) is 9.15. The maximum absolute atomic E-state index is 5.14. The molecule has 0 aromatic carbocycles. The van der Waals surface area contributed by atoms with Crippen LogP contribution in [0.15, 0.2) is 22.9 Å². The fourth-order valence-electron chi connectivity index (χ4n) is 2.03. The van der Waals surface area contributed by atoms with Gasteiger partial charge in [0, 0.05) is 18.3 Å². The number of aromatic nitrogens is 4. The molecule has 0 fully saturated rings. The monoisotopic (exact) mass is 257 g/mol. The standard InChI is InChI=1S/C13H15N5O/c1-8-4-5-18-12(6-8)15-16-13(18)14-7-11-9(2)17-19-10(11)3/h4-6H,7H2,1-3H3,(H,14,16). The molecule has 0 saturated heterocycles. The zero-order chi connectivity index (χ0) is 13.4. The number of fused-ring (bicyclic) bond motifs is 1. The molecule has 3 aromatic rings. The Balaban J connectivity index is 1.86. The highest BCUT2D eigenvalue weighted by Crippen LogP contribution is 2.15. The van der Waals surface area contributed by atoms with Crippen molar-refractivity contribution >= 4 is 11.6 Å². The number of anilines is 1. The van der Waals surface area contributed by atoms with Gasteiger partial charge in [-0.3, -0.25) is 4.40 Å². The van der Waals surface area contributed by atoms with E-state index in [4.69, 9.17) is 4.52 Å². The lowest BCUT2D eigenvalue weighted by atomic mass is 10.2. The first-order valence-electron chi connectivity index (χ1n) is 6.12. The zero-order valence-electron chi connectivity index (χ0n) is 11.1. The van der Waals surface area contributed by atoms with Crippen molar-refractivity contribution in [1.29, 1.82) is 0 Å². The van der Waals surface area contributed by atoms with E-state index >= 15 is 0 Å². The van der Waals surface area contributed by atoms with E-state index < -0.39 is 0 Å². The molecule has 0 saturated carbocycles. The molecular weight excluding hydrogens is 242 g/mol. The molecule has 19 heavy (non-hydrogen) atoms. The van der Waals surface area contributed by atoms with Crippen LogP contribution in [0.4, 0.5) is 5.95 Å². The van der Waals surface area contributed by atoms with Crippen molar-refractivity contribution in [1.82, 2.24) is 19.8 Å². The van der Waals surface area contributed by atoms with Crippen molar-refractivity contribution in [3.63, 3.8) is 0 Å². The smallest absolute Gasteiger partial charge is 0.229 e. The highest BCUT2D eigenvalue weighted by Gasteiger charge is 2.10. The Labute approximate surface area is 110 Å². The fraction of sp³-hybridized carbons (Fsp3) is 0.308. The molecule has 3 heterocycles. The van der Waals surface area contributed by atoms with Gasteiger partial charge in [0.25, 0.3) is 0 Å².